The van der Waals surface area contributed by atoms with Gasteiger partial charge in [0, 0.05) is 0 Å². The molecule has 1 fully saturated rings. The van der Waals surface area contributed by atoms with Crippen LogP contribution < -0.4 is 5.32 Å². The number of nitrogens with one attached hydrogen (secondary N) is 1. The summed E-state index contributed by atoms with van der Waals surface area (Å²) < 4.78 is 47.4. The van der Waals surface area contributed by atoms with Crippen LogP contribution in [0.3, 0.4) is 0 Å². The summed E-state index contributed by atoms with van der Waals surface area (Å²) >= 11 is 0. The molecule has 1 rings (SSSR count). The number of unbranched alkanes of at least 4 members (excludes halogenated alkanes) is 21. The Balaban J connectivity index is 2.57. The predicted octanol–water partition coefficient (Wildman–Crippen LogP) is 7.30. The van der Waals surface area contributed by atoms with Gasteiger partial charge in [-0.2, -0.15) is 8.42 Å². The fraction of sp³-hybridized carbons (Fsp3) is 0.841. The SMILES string of the molecule is CCCCC/C=C\C=C/CCCCCCCCCCCC(O)C(=O)NC(COC1OC(CO)C(O)C(OS(=O)(=O)O)C1O)C(O)/C=C/CCCCCCCCCCC. The maximum atomic E-state index is 13.1. The third-order valence-electron chi connectivity index (χ3n) is 10.6. The molecule has 13 nitrogen and oxygen atoms in total. The lowest BCUT2D eigenvalue weighted by atomic mass is 9.99. The second-order valence-corrected chi connectivity index (χ2v) is 16.9. The van der Waals surface area contributed by atoms with Crippen molar-refractivity contribution in [1.29, 1.82) is 0 Å². The number of hydrogen-bond acceptors (Lipinski definition) is 11. The Kier molecular flexibility index (Phi) is 32.7. The van der Waals surface area contributed by atoms with Crippen molar-refractivity contribution >= 4 is 16.3 Å². The van der Waals surface area contributed by atoms with E-state index in [9.17, 15) is 38.7 Å². The molecule has 0 spiro atoms. The summed E-state index contributed by atoms with van der Waals surface area (Å²) in [6.45, 7) is 3.15. The number of aliphatic hydroxyl groups is 5. The Bertz CT molecular complexity index is 1200. The molecular weight excluding hydrogens is 767 g/mol. The van der Waals surface area contributed by atoms with Crippen molar-refractivity contribution < 1.29 is 57.0 Å². The fourth-order valence-electron chi connectivity index (χ4n) is 6.92. The highest BCUT2D eigenvalue weighted by Gasteiger charge is 2.48. The van der Waals surface area contributed by atoms with Crippen LogP contribution in [0.1, 0.15) is 174 Å². The smallest absolute Gasteiger partial charge is 0.394 e. The molecule has 0 radical (unpaired) electrons. The van der Waals surface area contributed by atoms with E-state index in [-0.39, 0.29) is 6.42 Å². The molecule has 1 aliphatic rings. The Morgan fingerprint density at radius 2 is 1.17 bits per heavy atom. The van der Waals surface area contributed by atoms with Gasteiger partial charge in [0.1, 0.15) is 30.5 Å². The molecule has 8 unspecified atom stereocenters. The summed E-state index contributed by atoms with van der Waals surface area (Å²) in [6, 6.07) is -1.12. The van der Waals surface area contributed by atoms with Gasteiger partial charge in [0.2, 0.25) is 5.91 Å². The quantitative estimate of drug-likeness (QED) is 0.0142. The van der Waals surface area contributed by atoms with Gasteiger partial charge in [-0.15, -0.1) is 0 Å². The molecule has 1 heterocycles. The van der Waals surface area contributed by atoms with Gasteiger partial charge in [-0.1, -0.05) is 166 Å². The van der Waals surface area contributed by atoms with Crippen molar-refractivity contribution in [2.24, 2.45) is 0 Å². The molecular formula is C44H81NO12S. The maximum Gasteiger partial charge on any atom is 0.397 e. The predicted molar refractivity (Wildman–Crippen MR) is 228 cm³/mol. The zero-order chi connectivity index (χ0) is 42.9. The Hall–Kier alpha value is -1.72. The summed E-state index contributed by atoms with van der Waals surface area (Å²) in [5.74, 6) is -0.709. The van der Waals surface area contributed by atoms with Crippen molar-refractivity contribution in [2.75, 3.05) is 13.2 Å². The Morgan fingerprint density at radius 3 is 1.69 bits per heavy atom. The van der Waals surface area contributed by atoms with Gasteiger partial charge >= 0.3 is 10.4 Å². The maximum absolute atomic E-state index is 13.1. The van der Waals surface area contributed by atoms with Crippen molar-refractivity contribution in [1.82, 2.24) is 5.32 Å². The van der Waals surface area contributed by atoms with Crippen molar-refractivity contribution in [2.45, 2.75) is 223 Å². The molecule has 0 aliphatic carbocycles. The molecule has 14 heteroatoms. The van der Waals surface area contributed by atoms with Crippen molar-refractivity contribution in [3.05, 3.63) is 36.5 Å². The molecule has 58 heavy (non-hydrogen) atoms. The summed E-state index contributed by atoms with van der Waals surface area (Å²) in [5.41, 5.74) is 0. The normalized spacial score (nSPS) is 22.0. The van der Waals surface area contributed by atoms with Gasteiger partial charge in [-0.25, -0.2) is 4.18 Å². The van der Waals surface area contributed by atoms with Crippen molar-refractivity contribution in [3.63, 3.8) is 0 Å². The second kappa shape index (κ2) is 34.9. The first-order chi connectivity index (χ1) is 27.9. The van der Waals surface area contributed by atoms with Crippen LogP contribution in [0.15, 0.2) is 36.5 Å². The molecule has 1 amide bonds. The summed E-state index contributed by atoms with van der Waals surface area (Å²) in [7, 11) is -5.12. The molecule has 0 aromatic carbocycles. The number of aliphatic hydroxyl groups excluding tert-OH is 5. The van der Waals surface area contributed by atoms with E-state index in [4.69, 9.17) is 14.0 Å². The van der Waals surface area contributed by atoms with Gasteiger partial charge in [0.05, 0.1) is 25.4 Å². The molecule has 0 aromatic rings. The molecule has 0 bridgehead atoms. The van der Waals surface area contributed by atoms with Gasteiger partial charge < -0.3 is 40.3 Å². The first-order valence-electron chi connectivity index (χ1n) is 22.5. The van der Waals surface area contributed by atoms with Crippen LogP contribution in [0.4, 0.5) is 0 Å². The molecule has 0 aromatic heterocycles. The van der Waals surface area contributed by atoms with Gasteiger partial charge in [-0.3, -0.25) is 9.35 Å². The van der Waals surface area contributed by atoms with Crippen LogP contribution in [-0.2, 0) is 28.9 Å². The average molecular weight is 848 g/mol. The van der Waals surface area contributed by atoms with E-state index in [1.165, 1.54) is 89.5 Å². The van der Waals surface area contributed by atoms with Crippen molar-refractivity contribution in [3.8, 4) is 0 Å². The van der Waals surface area contributed by atoms with Crippen LogP contribution in [-0.4, -0.2) is 107 Å². The van der Waals surface area contributed by atoms with E-state index in [1.54, 1.807) is 0 Å². The fourth-order valence-corrected chi connectivity index (χ4v) is 7.43. The number of amides is 1. The van der Waals surface area contributed by atoms with Crippen LogP contribution in [0.5, 0.6) is 0 Å². The van der Waals surface area contributed by atoms with E-state index in [0.29, 0.717) is 12.8 Å². The van der Waals surface area contributed by atoms with E-state index in [1.807, 2.05) is 6.08 Å². The highest BCUT2D eigenvalue weighted by Crippen LogP contribution is 2.26. The van der Waals surface area contributed by atoms with E-state index < -0.39 is 78.5 Å². The highest BCUT2D eigenvalue weighted by molar-refractivity contribution is 7.80. The Labute approximate surface area is 350 Å². The van der Waals surface area contributed by atoms with Gasteiger partial charge in [0.25, 0.3) is 0 Å². The summed E-state index contributed by atoms with van der Waals surface area (Å²) in [5, 5.41) is 55.1. The molecule has 1 aliphatic heterocycles. The van der Waals surface area contributed by atoms with Gasteiger partial charge in [0.15, 0.2) is 6.29 Å². The first kappa shape index (κ1) is 54.3. The topological polar surface area (TPSA) is 212 Å². The monoisotopic (exact) mass is 848 g/mol. The summed E-state index contributed by atoms with van der Waals surface area (Å²) in [6.07, 6.45) is 28.0. The molecule has 340 valence electrons. The lowest BCUT2D eigenvalue weighted by Gasteiger charge is -2.41. The largest absolute Gasteiger partial charge is 0.397 e. The standard InChI is InChI=1S/C44H81NO12S/c1-3-5-7-9-11-13-15-16-17-18-19-20-21-23-25-27-29-31-33-38(48)43(51)45-36(37(47)32-30-28-26-24-22-14-12-10-8-6-4-2)35-55-44-41(50)42(57-58(52,53)54)40(49)39(34-46)56-44/h11,13,15-16,30,32,36-42,44,46-50H,3-10,12,14,17-29,31,33-35H2,1-2H3,(H,45,51)(H,52,53,54)/b13-11-,16-15-,32-30+. The van der Waals surface area contributed by atoms with Gasteiger partial charge in [-0.05, 0) is 44.9 Å². The molecule has 8 atom stereocenters. The number of hydrogen-bond donors (Lipinski definition) is 7. The van der Waals surface area contributed by atoms with Crippen LogP contribution in [0, 0.1) is 0 Å². The first-order valence-corrected chi connectivity index (χ1v) is 23.9. The van der Waals surface area contributed by atoms with E-state index in [0.717, 1.165) is 57.8 Å². The zero-order valence-electron chi connectivity index (χ0n) is 35.7. The van der Waals surface area contributed by atoms with Crippen LogP contribution >= 0.6 is 0 Å². The second-order valence-electron chi connectivity index (χ2n) is 15.8. The van der Waals surface area contributed by atoms with Crippen LogP contribution in [0.2, 0.25) is 0 Å². The lowest BCUT2D eigenvalue weighted by molar-refractivity contribution is -0.298. The van der Waals surface area contributed by atoms with E-state index in [2.05, 4.69) is 47.7 Å². The summed E-state index contributed by atoms with van der Waals surface area (Å²) in [4.78, 5) is 13.1. The highest BCUT2D eigenvalue weighted by atomic mass is 32.3. The number of carbonyl (C=O) groups is 1. The lowest BCUT2D eigenvalue weighted by Crippen LogP contribution is -2.61. The zero-order valence-corrected chi connectivity index (χ0v) is 36.5. The number of ether oxygens (including phenoxy) is 2. The third-order valence-corrected chi connectivity index (χ3v) is 11.0. The number of allylic oxidation sites excluding steroid dienone is 5. The average Bonchev–Trinajstić information content (AvgIpc) is 3.19. The molecule has 1 saturated heterocycles. The minimum atomic E-state index is -5.12. The minimum Gasteiger partial charge on any atom is -0.394 e. The number of rotatable bonds is 37. The molecule has 0 saturated carbocycles. The Morgan fingerprint density at radius 1 is 0.707 bits per heavy atom. The van der Waals surface area contributed by atoms with E-state index >= 15 is 0 Å². The van der Waals surface area contributed by atoms with Crippen LogP contribution in [0.25, 0.3) is 0 Å². The number of carbonyl (C=O) groups excluding carboxylic acids is 1. The third kappa shape index (κ3) is 27.2. The molecule has 7 N–H and O–H groups in total. The minimum absolute atomic E-state index is 0.237.